The van der Waals surface area contributed by atoms with Gasteiger partial charge in [0.1, 0.15) is 0 Å². The monoisotopic (exact) mass is 174 g/mol. The molecule has 2 rings (SSSR count). The number of aromatic nitrogens is 2. The van der Waals surface area contributed by atoms with Crippen molar-refractivity contribution < 1.29 is 0 Å². The van der Waals surface area contributed by atoms with E-state index in [1.54, 1.807) is 0 Å². The lowest BCUT2D eigenvalue weighted by atomic mass is 10.3. The van der Waals surface area contributed by atoms with E-state index in [-0.39, 0.29) is 0 Å². The predicted molar refractivity (Wildman–Crippen MR) is 52.5 cm³/mol. The van der Waals surface area contributed by atoms with Crippen molar-refractivity contribution in [3.8, 4) is 0 Å². The van der Waals surface area contributed by atoms with Gasteiger partial charge in [-0.15, -0.1) is 0 Å². The van der Waals surface area contributed by atoms with Crippen LogP contribution in [0.4, 0.5) is 0 Å². The van der Waals surface area contributed by atoms with Gasteiger partial charge in [-0.25, -0.2) is 4.98 Å². The van der Waals surface area contributed by atoms with Crippen molar-refractivity contribution in [2.75, 3.05) is 0 Å². The van der Waals surface area contributed by atoms with Crippen molar-refractivity contribution in [3.63, 3.8) is 0 Å². The third kappa shape index (κ3) is 1.26. The molecule has 4 heteroatoms. The molecule has 13 heavy (non-hydrogen) atoms. The van der Waals surface area contributed by atoms with Gasteiger partial charge in [0.15, 0.2) is 5.82 Å². The number of hydrogen-bond donors (Lipinski definition) is 2. The highest BCUT2D eigenvalue weighted by atomic mass is 15.1. The minimum absolute atomic E-state index is 0.705. The van der Waals surface area contributed by atoms with E-state index in [0.717, 1.165) is 16.9 Å². The Morgan fingerprint density at radius 1 is 1.46 bits per heavy atom. The number of imidazole rings is 1. The molecule has 66 valence electrons. The van der Waals surface area contributed by atoms with Crippen molar-refractivity contribution in [2.45, 2.75) is 6.92 Å². The van der Waals surface area contributed by atoms with E-state index in [1.165, 1.54) is 0 Å². The Balaban J connectivity index is 2.62. The molecule has 0 aliphatic carbocycles. The van der Waals surface area contributed by atoms with E-state index in [1.807, 2.05) is 31.2 Å². The molecule has 0 unspecified atom stereocenters. The highest BCUT2D eigenvalue weighted by molar-refractivity contribution is 5.97. The van der Waals surface area contributed by atoms with Crippen LogP contribution in [0.1, 0.15) is 12.7 Å². The van der Waals surface area contributed by atoms with Gasteiger partial charge >= 0.3 is 0 Å². The Kier molecular flexibility index (Phi) is 1.73. The summed E-state index contributed by atoms with van der Waals surface area (Å²) in [7, 11) is 0. The summed E-state index contributed by atoms with van der Waals surface area (Å²) in [5, 5.41) is 3.58. The molecule has 0 radical (unpaired) electrons. The molecule has 3 N–H and O–H groups in total. The summed E-state index contributed by atoms with van der Waals surface area (Å²) in [6.45, 7) is 1.82. The second-order valence-corrected chi connectivity index (χ2v) is 2.82. The van der Waals surface area contributed by atoms with Gasteiger partial charge in [-0.1, -0.05) is 12.1 Å². The molecule has 0 aliphatic rings. The first-order valence-electron chi connectivity index (χ1n) is 4.01. The minimum Gasteiger partial charge on any atom is -0.337 e. The van der Waals surface area contributed by atoms with Crippen LogP contribution in [0.3, 0.4) is 0 Å². The molecule has 0 bridgehead atoms. The number of aromatic amines is 1. The van der Waals surface area contributed by atoms with Crippen LogP contribution in [0.5, 0.6) is 0 Å². The van der Waals surface area contributed by atoms with Crippen molar-refractivity contribution in [1.82, 2.24) is 9.97 Å². The highest BCUT2D eigenvalue weighted by Gasteiger charge is 2.03. The van der Waals surface area contributed by atoms with Crippen molar-refractivity contribution in [2.24, 2.45) is 10.9 Å². The van der Waals surface area contributed by atoms with E-state index in [0.29, 0.717) is 5.71 Å². The van der Waals surface area contributed by atoms with Crippen LogP contribution in [0.15, 0.2) is 29.4 Å². The van der Waals surface area contributed by atoms with Crippen LogP contribution in [-0.4, -0.2) is 15.7 Å². The Labute approximate surface area is 75.5 Å². The summed E-state index contributed by atoms with van der Waals surface area (Å²) in [6.07, 6.45) is 0. The molecule has 0 spiro atoms. The fourth-order valence-electron chi connectivity index (χ4n) is 1.19. The average molecular weight is 174 g/mol. The molecule has 0 saturated carbocycles. The SMILES string of the molecule is C/C(=N/N)c1nc2ccccc2[nH]1. The number of H-pyrrole nitrogens is 1. The average Bonchev–Trinajstić information content (AvgIpc) is 2.59. The molecule has 0 aliphatic heterocycles. The normalized spacial score (nSPS) is 12.2. The number of nitrogens with one attached hydrogen (secondary N) is 1. The summed E-state index contributed by atoms with van der Waals surface area (Å²) in [6, 6.07) is 7.82. The third-order valence-corrected chi connectivity index (χ3v) is 1.93. The van der Waals surface area contributed by atoms with Crippen molar-refractivity contribution in [1.29, 1.82) is 0 Å². The van der Waals surface area contributed by atoms with Gasteiger partial charge in [-0.2, -0.15) is 5.10 Å². The number of benzene rings is 1. The lowest BCUT2D eigenvalue weighted by Gasteiger charge is -1.88. The zero-order valence-electron chi connectivity index (χ0n) is 7.28. The molecule has 1 aromatic heterocycles. The van der Waals surface area contributed by atoms with Crippen LogP contribution >= 0.6 is 0 Å². The van der Waals surface area contributed by atoms with Gasteiger partial charge in [0.2, 0.25) is 0 Å². The van der Waals surface area contributed by atoms with Gasteiger partial charge in [0.25, 0.3) is 0 Å². The lowest BCUT2D eigenvalue weighted by molar-refractivity contribution is 1.19. The van der Waals surface area contributed by atoms with E-state index in [4.69, 9.17) is 5.84 Å². The third-order valence-electron chi connectivity index (χ3n) is 1.93. The molecule has 0 saturated heterocycles. The summed E-state index contributed by atoms with van der Waals surface area (Å²) in [5.74, 6) is 5.88. The smallest absolute Gasteiger partial charge is 0.154 e. The number of nitrogens with two attached hydrogens (primary N) is 1. The van der Waals surface area contributed by atoms with E-state index in [9.17, 15) is 0 Å². The summed E-state index contributed by atoms with van der Waals surface area (Å²) >= 11 is 0. The Bertz CT molecular complexity index is 422. The first-order chi connectivity index (χ1) is 6.31. The first kappa shape index (κ1) is 7.79. The number of para-hydroxylation sites is 2. The van der Waals surface area contributed by atoms with Crippen molar-refractivity contribution >= 4 is 16.7 Å². The summed E-state index contributed by atoms with van der Waals surface area (Å²) in [4.78, 5) is 7.44. The molecule has 0 atom stereocenters. The molecule has 0 amide bonds. The second kappa shape index (κ2) is 2.90. The Morgan fingerprint density at radius 3 is 2.92 bits per heavy atom. The quantitative estimate of drug-likeness (QED) is 0.388. The molecular weight excluding hydrogens is 164 g/mol. The van der Waals surface area contributed by atoms with E-state index in [2.05, 4.69) is 15.1 Å². The number of fused-ring (bicyclic) bond motifs is 1. The minimum atomic E-state index is 0.705. The van der Waals surface area contributed by atoms with Crippen LogP contribution in [-0.2, 0) is 0 Å². The van der Waals surface area contributed by atoms with Gasteiger partial charge in [-0.3, -0.25) is 0 Å². The maximum atomic E-state index is 5.15. The van der Waals surface area contributed by atoms with Crippen LogP contribution < -0.4 is 5.84 Å². The zero-order valence-corrected chi connectivity index (χ0v) is 7.28. The van der Waals surface area contributed by atoms with Gasteiger partial charge in [0, 0.05) is 0 Å². The molecular formula is C9H10N4. The summed E-state index contributed by atoms with van der Waals surface area (Å²) < 4.78 is 0. The van der Waals surface area contributed by atoms with E-state index >= 15 is 0 Å². The second-order valence-electron chi connectivity index (χ2n) is 2.82. The maximum absolute atomic E-state index is 5.15. The van der Waals surface area contributed by atoms with Crippen LogP contribution in [0.25, 0.3) is 11.0 Å². The molecule has 1 heterocycles. The fourth-order valence-corrected chi connectivity index (χ4v) is 1.19. The number of rotatable bonds is 1. The Morgan fingerprint density at radius 2 is 2.23 bits per heavy atom. The first-order valence-corrected chi connectivity index (χ1v) is 4.01. The summed E-state index contributed by atoms with van der Waals surface area (Å²) in [5.41, 5.74) is 2.64. The Hall–Kier alpha value is -1.84. The maximum Gasteiger partial charge on any atom is 0.154 e. The van der Waals surface area contributed by atoms with Gasteiger partial charge in [-0.05, 0) is 19.1 Å². The van der Waals surface area contributed by atoms with Crippen molar-refractivity contribution in [3.05, 3.63) is 30.1 Å². The number of nitrogens with zero attached hydrogens (tertiary/aromatic N) is 2. The fraction of sp³-hybridized carbons (Fsp3) is 0.111. The molecule has 4 nitrogen and oxygen atoms in total. The zero-order chi connectivity index (χ0) is 9.26. The van der Waals surface area contributed by atoms with E-state index < -0.39 is 0 Å². The lowest BCUT2D eigenvalue weighted by Crippen LogP contribution is -2.00. The molecule has 1 aromatic carbocycles. The van der Waals surface area contributed by atoms with Gasteiger partial charge in [0.05, 0.1) is 16.7 Å². The number of hydrogen-bond acceptors (Lipinski definition) is 3. The topological polar surface area (TPSA) is 67.1 Å². The van der Waals surface area contributed by atoms with Crippen LogP contribution in [0, 0.1) is 0 Å². The molecule has 0 fully saturated rings. The predicted octanol–water partition coefficient (Wildman–Crippen LogP) is 1.25. The standard InChI is InChI=1S/C9H10N4/c1-6(13-10)9-11-7-4-2-3-5-8(7)12-9/h2-5H,10H2,1H3,(H,11,12)/b13-6-. The number of hydrazone groups is 1. The molecule has 2 aromatic rings. The largest absolute Gasteiger partial charge is 0.337 e. The highest BCUT2D eigenvalue weighted by Crippen LogP contribution is 2.10. The van der Waals surface area contributed by atoms with Crippen LogP contribution in [0.2, 0.25) is 0 Å². The van der Waals surface area contributed by atoms with Gasteiger partial charge < -0.3 is 10.8 Å².